The molecule has 142 valence electrons. The number of nitrogens with one attached hydrogen (secondary N) is 3. The van der Waals surface area contributed by atoms with E-state index in [1.54, 1.807) is 0 Å². The van der Waals surface area contributed by atoms with Crippen molar-refractivity contribution in [3.63, 3.8) is 0 Å². The number of aromatic amines is 1. The van der Waals surface area contributed by atoms with Gasteiger partial charge in [0.1, 0.15) is 0 Å². The molecule has 1 aliphatic rings. The van der Waals surface area contributed by atoms with E-state index in [0.29, 0.717) is 0 Å². The van der Waals surface area contributed by atoms with Crippen molar-refractivity contribution in [1.29, 1.82) is 0 Å². The average molecular weight is 378 g/mol. The van der Waals surface area contributed by atoms with Gasteiger partial charge in [-0.2, -0.15) is 0 Å². The number of rotatable bonds is 7. The molecule has 0 spiro atoms. The number of aliphatic imine (C=N–C) groups is 1. The minimum atomic E-state index is 0.768. The van der Waals surface area contributed by atoms with Gasteiger partial charge in [0, 0.05) is 54.8 Å². The highest BCUT2D eigenvalue weighted by Crippen LogP contribution is 2.22. The Balaban J connectivity index is 1.49. The lowest BCUT2D eigenvalue weighted by Crippen LogP contribution is -2.40. The van der Waals surface area contributed by atoms with Crippen molar-refractivity contribution in [1.82, 2.24) is 20.5 Å². The summed E-state index contributed by atoms with van der Waals surface area (Å²) < 4.78 is 5.38. The molecule has 0 saturated carbocycles. The standard InChI is InChI=1S/C19H28ClN5O/c1-2-21-19(23-7-8-25-9-11-26-12-10-25)22-6-5-15-14-24-18-4-3-16(20)13-17(15)18/h3-4,13-14,24H,2,5-12H2,1H3,(H2,21,22,23). The zero-order valence-corrected chi connectivity index (χ0v) is 16.1. The van der Waals surface area contributed by atoms with Crippen molar-refractivity contribution in [2.75, 3.05) is 52.5 Å². The molecule has 1 fully saturated rings. The van der Waals surface area contributed by atoms with Gasteiger partial charge in [-0.15, -0.1) is 0 Å². The summed E-state index contributed by atoms with van der Waals surface area (Å²) in [5.41, 5.74) is 2.38. The van der Waals surface area contributed by atoms with Crippen molar-refractivity contribution in [3.05, 3.63) is 35.0 Å². The first-order valence-electron chi connectivity index (χ1n) is 9.34. The number of morpholine rings is 1. The molecule has 1 saturated heterocycles. The number of nitrogens with zero attached hydrogens (tertiary/aromatic N) is 2. The lowest BCUT2D eigenvalue weighted by atomic mass is 10.1. The summed E-state index contributed by atoms with van der Waals surface area (Å²) in [6.45, 7) is 9.19. The Labute approximate surface area is 160 Å². The lowest BCUT2D eigenvalue weighted by Gasteiger charge is -2.25. The number of fused-ring (bicyclic) bond motifs is 1. The second kappa shape index (κ2) is 9.80. The van der Waals surface area contributed by atoms with Gasteiger partial charge >= 0.3 is 0 Å². The predicted octanol–water partition coefficient (Wildman–Crippen LogP) is 2.25. The Bertz CT molecular complexity index is 724. The molecule has 6 nitrogen and oxygen atoms in total. The smallest absolute Gasteiger partial charge is 0.191 e. The second-order valence-electron chi connectivity index (χ2n) is 6.40. The minimum absolute atomic E-state index is 0.768. The molecule has 1 aliphatic heterocycles. The number of hydrogen-bond acceptors (Lipinski definition) is 3. The van der Waals surface area contributed by atoms with E-state index in [0.717, 1.165) is 75.4 Å². The van der Waals surface area contributed by atoms with E-state index in [9.17, 15) is 0 Å². The molecule has 0 aliphatic carbocycles. The number of halogens is 1. The maximum absolute atomic E-state index is 6.12. The maximum Gasteiger partial charge on any atom is 0.191 e. The fourth-order valence-electron chi connectivity index (χ4n) is 3.14. The van der Waals surface area contributed by atoms with Gasteiger partial charge in [-0.1, -0.05) is 11.6 Å². The first-order chi connectivity index (χ1) is 12.8. The summed E-state index contributed by atoms with van der Waals surface area (Å²) in [4.78, 5) is 10.4. The van der Waals surface area contributed by atoms with Gasteiger partial charge in [0.25, 0.3) is 0 Å². The summed E-state index contributed by atoms with van der Waals surface area (Å²) in [6, 6.07) is 5.95. The third-order valence-corrected chi connectivity index (χ3v) is 4.79. The molecular formula is C19H28ClN5O. The number of H-pyrrole nitrogens is 1. The summed E-state index contributed by atoms with van der Waals surface area (Å²) in [5.74, 6) is 0.874. The summed E-state index contributed by atoms with van der Waals surface area (Å²) in [7, 11) is 0. The molecule has 3 rings (SSSR count). The Kier molecular flexibility index (Phi) is 7.17. The molecule has 0 bridgehead atoms. The number of aromatic nitrogens is 1. The lowest BCUT2D eigenvalue weighted by molar-refractivity contribution is 0.0394. The Morgan fingerprint density at radius 1 is 1.31 bits per heavy atom. The SMILES string of the molecule is CCNC(=NCCN1CCOCC1)NCCc1c[nH]c2ccc(Cl)cc12. The van der Waals surface area contributed by atoms with Crippen LogP contribution in [0.3, 0.4) is 0 Å². The van der Waals surface area contributed by atoms with Crippen LogP contribution in [0.2, 0.25) is 5.02 Å². The van der Waals surface area contributed by atoms with Crippen LogP contribution < -0.4 is 10.6 Å². The van der Waals surface area contributed by atoms with E-state index in [4.69, 9.17) is 16.3 Å². The van der Waals surface area contributed by atoms with Crippen LogP contribution in [0.15, 0.2) is 29.4 Å². The molecule has 3 N–H and O–H groups in total. The average Bonchev–Trinajstić information content (AvgIpc) is 3.05. The molecule has 26 heavy (non-hydrogen) atoms. The molecule has 0 unspecified atom stereocenters. The summed E-state index contributed by atoms with van der Waals surface area (Å²) >= 11 is 6.12. The monoisotopic (exact) mass is 377 g/mol. The van der Waals surface area contributed by atoms with Crippen LogP contribution in [0, 0.1) is 0 Å². The molecule has 1 aromatic carbocycles. The maximum atomic E-state index is 6.12. The number of ether oxygens (including phenoxy) is 1. The molecule has 2 heterocycles. The van der Waals surface area contributed by atoms with Crippen molar-refractivity contribution < 1.29 is 4.74 Å². The first kappa shape index (κ1) is 19.0. The van der Waals surface area contributed by atoms with Crippen LogP contribution in [0.1, 0.15) is 12.5 Å². The fourth-order valence-corrected chi connectivity index (χ4v) is 3.31. The van der Waals surface area contributed by atoms with Crippen molar-refractivity contribution in [3.8, 4) is 0 Å². The van der Waals surface area contributed by atoms with Crippen LogP contribution >= 0.6 is 11.6 Å². The first-order valence-corrected chi connectivity index (χ1v) is 9.72. The molecule has 2 aromatic rings. The van der Waals surface area contributed by atoms with E-state index in [2.05, 4.69) is 38.6 Å². The summed E-state index contributed by atoms with van der Waals surface area (Å²) in [6.07, 6.45) is 2.97. The third-order valence-electron chi connectivity index (χ3n) is 4.55. The largest absolute Gasteiger partial charge is 0.379 e. The quantitative estimate of drug-likeness (QED) is 0.511. The van der Waals surface area contributed by atoms with Gasteiger partial charge in [0.2, 0.25) is 0 Å². The Hall–Kier alpha value is -1.76. The van der Waals surface area contributed by atoms with Gasteiger partial charge in [-0.05, 0) is 37.1 Å². The van der Waals surface area contributed by atoms with Gasteiger partial charge in [-0.25, -0.2) is 0 Å². The zero-order chi connectivity index (χ0) is 18.2. The number of guanidine groups is 1. The normalized spacial score (nSPS) is 16.2. The number of hydrogen-bond donors (Lipinski definition) is 3. The van der Waals surface area contributed by atoms with E-state index < -0.39 is 0 Å². The zero-order valence-electron chi connectivity index (χ0n) is 15.4. The Morgan fingerprint density at radius 3 is 2.96 bits per heavy atom. The Morgan fingerprint density at radius 2 is 2.15 bits per heavy atom. The van der Waals surface area contributed by atoms with Crippen LogP contribution in [-0.4, -0.2) is 68.3 Å². The van der Waals surface area contributed by atoms with Gasteiger partial charge < -0.3 is 20.4 Å². The molecule has 0 atom stereocenters. The van der Waals surface area contributed by atoms with E-state index in [1.165, 1.54) is 10.9 Å². The van der Waals surface area contributed by atoms with Crippen molar-refractivity contribution >= 4 is 28.5 Å². The van der Waals surface area contributed by atoms with Gasteiger partial charge in [-0.3, -0.25) is 9.89 Å². The fraction of sp³-hybridized carbons (Fsp3) is 0.526. The molecular weight excluding hydrogens is 350 g/mol. The van der Waals surface area contributed by atoms with E-state index in [-0.39, 0.29) is 0 Å². The number of benzene rings is 1. The topological polar surface area (TPSA) is 64.7 Å². The highest BCUT2D eigenvalue weighted by molar-refractivity contribution is 6.31. The molecule has 0 radical (unpaired) electrons. The second-order valence-corrected chi connectivity index (χ2v) is 6.83. The third kappa shape index (κ3) is 5.37. The van der Waals surface area contributed by atoms with Crippen molar-refractivity contribution in [2.24, 2.45) is 4.99 Å². The van der Waals surface area contributed by atoms with Gasteiger partial charge in [0.05, 0.1) is 19.8 Å². The van der Waals surface area contributed by atoms with E-state index >= 15 is 0 Å². The van der Waals surface area contributed by atoms with Gasteiger partial charge in [0.15, 0.2) is 5.96 Å². The predicted molar refractivity (Wildman–Crippen MR) is 108 cm³/mol. The van der Waals surface area contributed by atoms with Crippen LogP contribution in [0.25, 0.3) is 10.9 Å². The van der Waals surface area contributed by atoms with E-state index in [1.807, 2.05) is 18.2 Å². The minimum Gasteiger partial charge on any atom is -0.379 e. The van der Waals surface area contributed by atoms with Crippen LogP contribution in [0.5, 0.6) is 0 Å². The molecule has 0 amide bonds. The highest BCUT2D eigenvalue weighted by atomic mass is 35.5. The molecule has 1 aromatic heterocycles. The highest BCUT2D eigenvalue weighted by Gasteiger charge is 2.09. The summed E-state index contributed by atoms with van der Waals surface area (Å²) in [5, 5.41) is 8.69. The van der Waals surface area contributed by atoms with Crippen LogP contribution in [0.4, 0.5) is 0 Å². The van der Waals surface area contributed by atoms with Crippen LogP contribution in [-0.2, 0) is 11.2 Å². The molecule has 7 heteroatoms. The van der Waals surface area contributed by atoms with Crippen molar-refractivity contribution in [2.45, 2.75) is 13.3 Å².